The number of fused-ring (bicyclic) bond motifs is 3. The van der Waals surface area contributed by atoms with E-state index in [4.69, 9.17) is 5.14 Å². The van der Waals surface area contributed by atoms with Gasteiger partial charge < -0.3 is 14.8 Å². The minimum atomic E-state index is -3.78. The van der Waals surface area contributed by atoms with Gasteiger partial charge in [-0.2, -0.15) is 0 Å². The van der Waals surface area contributed by atoms with Crippen molar-refractivity contribution in [3.05, 3.63) is 48.4 Å². The van der Waals surface area contributed by atoms with Gasteiger partial charge in [0.15, 0.2) is 0 Å². The maximum absolute atomic E-state index is 13.1. The molecule has 2 aromatic heterocycles. The molecule has 29 heavy (non-hydrogen) atoms. The van der Waals surface area contributed by atoms with Crippen LogP contribution in [-0.4, -0.2) is 59.4 Å². The number of piperazine rings is 1. The Morgan fingerprint density at radius 2 is 1.76 bits per heavy atom. The SMILES string of the molecule is NS(=O)(=O)c1ccc(C(=O)N2C3CCC2CN(c2ncnc4[nH]ccc24)C3)cc1. The van der Waals surface area contributed by atoms with Gasteiger partial charge in [0, 0.05) is 24.8 Å². The number of nitrogens with zero attached hydrogens (tertiary/aromatic N) is 4. The van der Waals surface area contributed by atoms with Gasteiger partial charge >= 0.3 is 0 Å². The number of anilines is 1. The van der Waals surface area contributed by atoms with Crippen LogP contribution in [0, 0.1) is 0 Å². The highest BCUT2D eigenvalue weighted by molar-refractivity contribution is 7.89. The summed E-state index contributed by atoms with van der Waals surface area (Å²) in [4.78, 5) is 29.1. The second-order valence-corrected chi connectivity index (χ2v) is 9.07. The highest BCUT2D eigenvalue weighted by Gasteiger charge is 2.43. The third kappa shape index (κ3) is 3.04. The Labute approximate surface area is 167 Å². The van der Waals surface area contributed by atoms with E-state index in [1.165, 1.54) is 24.3 Å². The molecule has 2 unspecified atom stereocenters. The number of H-pyrrole nitrogens is 1. The van der Waals surface area contributed by atoms with E-state index in [2.05, 4.69) is 19.9 Å². The molecule has 2 fully saturated rings. The summed E-state index contributed by atoms with van der Waals surface area (Å²) in [5, 5.41) is 6.12. The van der Waals surface area contributed by atoms with E-state index in [9.17, 15) is 13.2 Å². The average Bonchev–Trinajstić information content (AvgIpc) is 3.28. The first-order valence-electron chi connectivity index (χ1n) is 9.40. The first-order chi connectivity index (χ1) is 13.9. The molecule has 2 saturated heterocycles. The molecule has 5 rings (SSSR count). The third-order valence-corrected chi connectivity index (χ3v) is 6.71. The van der Waals surface area contributed by atoms with Crippen molar-refractivity contribution < 1.29 is 13.2 Å². The van der Waals surface area contributed by atoms with Gasteiger partial charge in [0.2, 0.25) is 10.0 Å². The van der Waals surface area contributed by atoms with Gasteiger partial charge in [-0.3, -0.25) is 4.79 Å². The van der Waals surface area contributed by atoms with Crippen LogP contribution >= 0.6 is 0 Å². The molecule has 3 aromatic rings. The van der Waals surface area contributed by atoms with Crippen LogP contribution in [0.5, 0.6) is 0 Å². The molecule has 150 valence electrons. The van der Waals surface area contributed by atoms with E-state index >= 15 is 0 Å². The summed E-state index contributed by atoms with van der Waals surface area (Å²) >= 11 is 0. The number of rotatable bonds is 3. The molecule has 0 saturated carbocycles. The smallest absolute Gasteiger partial charge is 0.254 e. The molecule has 10 heteroatoms. The van der Waals surface area contributed by atoms with E-state index in [0.717, 1.165) is 29.7 Å². The van der Waals surface area contributed by atoms with Crippen LogP contribution in [0.25, 0.3) is 11.0 Å². The number of aromatic amines is 1. The number of nitrogens with one attached hydrogen (secondary N) is 1. The van der Waals surface area contributed by atoms with Gasteiger partial charge in [-0.25, -0.2) is 23.5 Å². The van der Waals surface area contributed by atoms with Gasteiger partial charge in [-0.1, -0.05) is 0 Å². The standard InChI is InChI=1S/C19H20N6O3S/c20-29(27,28)15-5-1-12(2-6-15)19(26)25-13-3-4-14(25)10-24(9-13)18-16-7-8-21-17(16)22-11-23-18/h1-2,5-8,11,13-14H,3-4,9-10H2,(H2,20,27,28)(H,21,22,23). The molecule has 1 amide bonds. The summed E-state index contributed by atoms with van der Waals surface area (Å²) in [5.41, 5.74) is 1.27. The zero-order valence-electron chi connectivity index (χ0n) is 15.5. The van der Waals surface area contributed by atoms with E-state index < -0.39 is 10.0 Å². The van der Waals surface area contributed by atoms with Crippen LogP contribution < -0.4 is 10.0 Å². The summed E-state index contributed by atoms with van der Waals surface area (Å²) in [7, 11) is -3.78. The number of amides is 1. The quantitative estimate of drug-likeness (QED) is 0.664. The first-order valence-corrected chi connectivity index (χ1v) is 10.9. The number of sulfonamides is 1. The Bertz CT molecular complexity index is 1180. The monoisotopic (exact) mass is 412 g/mol. The Morgan fingerprint density at radius 1 is 1.07 bits per heavy atom. The maximum Gasteiger partial charge on any atom is 0.254 e. The maximum atomic E-state index is 13.1. The number of aromatic nitrogens is 3. The lowest BCUT2D eigenvalue weighted by Gasteiger charge is -2.41. The molecular formula is C19H20N6O3S. The van der Waals surface area contributed by atoms with Crippen molar-refractivity contribution in [2.45, 2.75) is 29.8 Å². The van der Waals surface area contributed by atoms with E-state index in [1.807, 2.05) is 17.2 Å². The van der Waals surface area contributed by atoms with Crippen LogP contribution in [0.1, 0.15) is 23.2 Å². The van der Waals surface area contributed by atoms with Gasteiger partial charge in [0.05, 0.1) is 22.4 Å². The lowest BCUT2D eigenvalue weighted by atomic mass is 10.1. The summed E-state index contributed by atoms with van der Waals surface area (Å²) < 4.78 is 22.9. The number of nitrogens with two attached hydrogens (primary N) is 1. The van der Waals surface area contributed by atoms with Crippen molar-refractivity contribution in [2.24, 2.45) is 5.14 Å². The lowest BCUT2D eigenvalue weighted by molar-refractivity contribution is 0.0641. The van der Waals surface area contributed by atoms with E-state index in [0.29, 0.717) is 18.7 Å². The Hall–Kier alpha value is -2.98. The normalized spacial score (nSPS) is 21.7. The van der Waals surface area contributed by atoms with Crippen molar-refractivity contribution in [1.82, 2.24) is 19.9 Å². The molecule has 3 N–H and O–H groups in total. The molecule has 0 spiro atoms. The average molecular weight is 412 g/mol. The molecule has 0 radical (unpaired) electrons. The topological polar surface area (TPSA) is 125 Å². The second-order valence-electron chi connectivity index (χ2n) is 7.51. The van der Waals surface area contributed by atoms with Crippen LogP contribution in [-0.2, 0) is 10.0 Å². The van der Waals surface area contributed by atoms with Gasteiger partial charge in [0.1, 0.15) is 17.8 Å². The molecule has 2 aliphatic rings. The van der Waals surface area contributed by atoms with Crippen LogP contribution in [0.2, 0.25) is 0 Å². The van der Waals surface area contributed by atoms with Gasteiger partial charge in [-0.15, -0.1) is 0 Å². The lowest BCUT2D eigenvalue weighted by Crippen LogP contribution is -2.56. The number of carbonyl (C=O) groups is 1. The fourth-order valence-electron chi connectivity index (χ4n) is 4.45. The number of primary sulfonamides is 1. The van der Waals surface area contributed by atoms with E-state index in [1.54, 1.807) is 6.33 Å². The molecular weight excluding hydrogens is 392 g/mol. The first kappa shape index (κ1) is 18.1. The highest BCUT2D eigenvalue weighted by atomic mass is 32.2. The molecule has 2 atom stereocenters. The fraction of sp³-hybridized carbons (Fsp3) is 0.316. The Kier molecular flexibility index (Phi) is 4.07. The van der Waals surface area contributed by atoms with Gasteiger partial charge in [0.25, 0.3) is 5.91 Å². The largest absolute Gasteiger partial charge is 0.352 e. The molecule has 2 aliphatic heterocycles. The summed E-state index contributed by atoms with van der Waals surface area (Å²) in [6.07, 6.45) is 5.27. The van der Waals surface area contributed by atoms with Crippen LogP contribution in [0.4, 0.5) is 5.82 Å². The minimum absolute atomic E-state index is 0.00104. The summed E-state index contributed by atoms with van der Waals surface area (Å²) in [6.45, 7) is 1.41. The fourth-order valence-corrected chi connectivity index (χ4v) is 4.97. The highest BCUT2D eigenvalue weighted by Crippen LogP contribution is 2.35. The molecule has 4 heterocycles. The number of hydrogen-bond acceptors (Lipinski definition) is 6. The van der Waals surface area contributed by atoms with Crippen molar-refractivity contribution in [2.75, 3.05) is 18.0 Å². The van der Waals surface area contributed by atoms with Gasteiger partial charge in [-0.05, 0) is 43.2 Å². The number of hydrogen-bond donors (Lipinski definition) is 2. The van der Waals surface area contributed by atoms with Crippen LogP contribution in [0.15, 0.2) is 47.8 Å². The molecule has 2 bridgehead atoms. The Balaban J connectivity index is 1.39. The zero-order valence-corrected chi connectivity index (χ0v) is 16.3. The summed E-state index contributed by atoms with van der Waals surface area (Å²) in [5.74, 6) is 0.811. The predicted molar refractivity (Wildman–Crippen MR) is 107 cm³/mol. The van der Waals surface area contributed by atoms with Crippen molar-refractivity contribution in [3.8, 4) is 0 Å². The predicted octanol–water partition coefficient (Wildman–Crippen LogP) is 1.10. The summed E-state index contributed by atoms with van der Waals surface area (Å²) in [6, 6.07) is 7.96. The van der Waals surface area contributed by atoms with E-state index in [-0.39, 0.29) is 22.9 Å². The van der Waals surface area contributed by atoms with Crippen molar-refractivity contribution in [3.63, 3.8) is 0 Å². The minimum Gasteiger partial charge on any atom is -0.352 e. The molecule has 0 aliphatic carbocycles. The second kappa shape index (κ2) is 6.53. The number of benzene rings is 1. The molecule has 9 nitrogen and oxygen atoms in total. The number of carbonyl (C=O) groups excluding carboxylic acids is 1. The Morgan fingerprint density at radius 3 is 2.41 bits per heavy atom. The molecule has 1 aromatic carbocycles. The van der Waals surface area contributed by atoms with Crippen LogP contribution in [0.3, 0.4) is 0 Å². The van der Waals surface area contributed by atoms with Crippen molar-refractivity contribution >= 4 is 32.8 Å². The third-order valence-electron chi connectivity index (χ3n) is 5.78. The zero-order chi connectivity index (χ0) is 20.2. The van der Waals surface area contributed by atoms with Crippen molar-refractivity contribution in [1.29, 1.82) is 0 Å².